The number of piperidine rings is 3. The number of anilines is 2. The molecule has 0 N–H and O–H groups in total. The van der Waals surface area contributed by atoms with Gasteiger partial charge in [0.05, 0.1) is 0 Å². The first-order valence-electron chi connectivity index (χ1n) is 10.1. The fourth-order valence-corrected chi connectivity index (χ4v) is 4.79. The molecular formula is C20H31N5O. The van der Waals surface area contributed by atoms with E-state index in [2.05, 4.69) is 22.8 Å². The summed E-state index contributed by atoms with van der Waals surface area (Å²) in [6.07, 6.45) is 7.85. The van der Waals surface area contributed by atoms with Gasteiger partial charge in [-0.2, -0.15) is 4.98 Å². The molecule has 0 saturated carbocycles. The predicted molar refractivity (Wildman–Crippen MR) is 104 cm³/mol. The van der Waals surface area contributed by atoms with Crippen LogP contribution >= 0.6 is 0 Å². The van der Waals surface area contributed by atoms with Crippen LogP contribution in [-0.2, 0) is 4.79 Å². The third-order valence-electron chi connectivity index (χ3n) is 6.48. The van der Waals surface area contributed by atoms with Crippen LogP contribution in [0.4, 0.5) is 11.8 Å². The molecule has 6 heteroatoms. The molecule has 0 atom stereocenters. The van der Waals surface area contributed by atoms with Gasteiger partial charge in [-0.15, -0.1) is 0 Å². The van der Waals surface area contributed by atoms with Gasteiger partial charge in [0.1, 0.15) is 5.82 Å². The highest BCUT2D eigenvalue weighted by molar-refractivity contribution is 5.76. The molecule has 1 aromatic heterocycles. The maximum atomic E-state index is 11.8. The molecule has 3 aliphatic heterocycles. The van der Waals surface area contributed by atoms with Gasteiger partial charge in [0.25, 0.3) is 0 Å². The van der Waals surface area contributed by atoms with Crippen LogP contribution in [0.5, 0.6) is 0 Å². The van der Waals surface area contributed by atoms with Crippen LogP contribution in [0.3, 0.4) is 0 Å². The molecule has 0 aromatic carbocycles. The maximum absolute atomic E-state index is 11.8. The molecular weight excluding hydrogens is 326 g/mol. The summed E-state index contributed by atoms with van der Waals surface area (Å²) >= 11 is 0. The summed E-state index contributed by atoms with van der Waals surface area (Å²) in [6, 6.07) is 2.13. The van der Waals surface area contributed by atoms with Crippen molar-refractivity contribution in [2.75, 3.05) is 49.6 Å². The summed E-state index contributed by atoms with van der Waals surface area (Å²) in [6.45, 7) is 7.20. The van der Waals surface area contributed by atoms with Gasteiger partial charge in [0.15, 0.2) is 0 Å². The summed E-state index contributed by atoms with van der Waals surface area (Å²) < 4.78 is 0. The third-order valence-corrected chi connectivity index (χ3v) is 6.48. The van der Waals surface area contributed by atoms with E-state index in [9.17, 15) is 4.79 Å². The fraction of sp³-hybridized carbons (Fsp3) is 0.750. The van der Waals surface area contributed by atoms with Crippen molar-refractivity contribution >= 4 is 17.7 Å². The van der Waals surface area contributed by atoms with Crippen LogP contribution in [0.15, 0.2) is 6.07 Å². The highest BCUT2D eigenvalue weighted by Gasteiger charge is 2.40. The van der Waals surface area contributed by atoms with Gasteiger partial charge in [0.2, 0.25) is 11.9 Å². The van der Waals surface area contributed by atoms with E-state index in [0.29, 0.717) is 17.7 Å². The first kappa shape index (κ1) is 17.6. The molecule has 0 bridgehead atoms. The summed E-state index contributed by atoms with van der Waals surface area (Å²) in [5, 5.41) is 0. The van der Waals surface area contributed by atoms with E-state index in [1.54, 1.807) is 0 Å². The van der Waals surface area contributed by atoms with Crippen LogP contribution in [0.2, 0.25) is 0 Å². The number of aryl methyl sites for hydroxylation is 1. The lowest BCUT2D eigenvalue weighted by Gasteiger charge is -2.47. The minimum absolute atomic E-state index is 0.302. The Morgan fingerprint density at radius 1 is 0.962 bits per heavy atom. The molecule has 3 fully saturated rings. The summed E-state index contributed by atoms with van der Waals surface area (Å²) in [5.41, 5.74) is 1.37. The number of rotatable bonds is 2. The van der Waals surface area contributed by atoms with Crippen LogP contribution in [0, 0.1) is 12.3 Å². The molecule has 1 amide bonds. The number of carbonyl (C=O) groups is 1. The second-order valence-corrected chi connectivity index (χ2v) is 8.45. The van der Waals surface area contributed by atoms with Crippen molar-refractivity contribution in [1.82, 2.24) is 14.9 Å². The summed E-state index contributed by atoms with van der Waals surface area (Å²) in [5.74, 6) is 2.28. The molecule has 4 rings (SSSR count). The first-order chi connectivity index (χ1) is 12.5. The van der Waals surface area contributed by atoms with Gasteiger partial charge < -0.3 is 14.7 Å². The van der Waals surface area contributed by atoms with Crippen LogP contribution < -0.4 is 9.80 Å². The number of amides is 1. The molecule has 3 aliphatic rings. The predicted octanol–water partition coefficient (Wildman–Crippen LogP) is 2.61. The van der Waals surface area contributed by atoms with E-state index in [0.717, 1.165) is 69.4 Å². The number of likely N-dealkylation sites (tertiary alicyclic amines) is 1. The highest BCUT2D eigenvalue weighted by atomic mass is 16.2. The van der Waals surface area contributed by atoms with E-state index < -0.39 is 0 Å². The number of nitrogens with zero attached hydrogens (tertiary/aromatic N) is 5. The van der Waals surface area contributed by atoms with E-state index in [-0.39, 0.29) is 0 Å². The van der Waals surface area contributed by atoms with E-state index in [1.165, 1.54) is 19.3 Å². The number of hydrogen-bond donors (Lipinski definition) is 0. The molecule has 0 aliphatic carbocycles. The first-order valence-corrected chi connectivity index (χ1v) is 10.1. The molecule has 0 unspecified atom stereocenters. The zero-order chi connectivity index (χ0) is 18.1. The Balaban J connectivity index is 1.46. The van der Waals surface area contributed by atoms with Crippen molar-refractivity contribution < 1.29 is 4.79 Å². The van der Waals surface area contributed by atoms with Gasteiger partial charge in [-0.3, -0.25) is 4.79 Å². The number of carbonyl (C=O) groups excluding carboxylic acids is 1. The van der Waals surface area contributed by atoms with Crippen molar-refractivity contribution in [1.29, 1.82) is 0 Å². The topological polar surface area (TPSA) is 52.6 Å². The Bertz CT molecular complexity index is 662. The summed E-state index contributed by atoms with van der Waals surface area (Å²) in [7, 11) is 1.95. The average Bonchev–Trinajstić information content (AvgIpc) is 2.66. The minimum atomic E-state index is 0.302. The quantitative estimate of drug-likeness (QED) is 0.814. The Morgan fingerprint density at radius 2 is 1.69 bits per heavy atom. The Kier molecular flexibility index (Phi) is 4.76. The molecule has 1 spiro atoms. The average molecular weight is 358 g/mol. The molecule has 3 saturated heterocycles. The molecule has 4 heterocycles. The monoisotopic (exact) mass is 357 g/mol. The Labute approximate surface area is 156 Å². The lowest BCUT2D eigenvalue weighted by molar-refractivity contribution is -0.136. The van der Waals surface area contributed by atoms with Crippen molar-refractivity contribution in [3.05, 3.63) is 11.8 Å². The molecule has 26 heavy (non-hydrogen) atoms. The normalized spacial score (nSPS) is 23.6. The second-order valence-electron chi connectivity index (χ2n) is 8.45. The highest BCUT2D eigenvalue weighted by Crippen LogP contribution is 2.40. The van der Waals surface area contributed by atoms with Crippen LogP contribution in [-0.4, -0.2) is 60.5 Å². The maximum Gasteiger partial charge on any atom is 0.227 e. The second kappa shape index (κ2) is 7.05. The molecule has 0 radical (unpaired) electrons. The van der Waals surface area contributed by atoms with Gasteiger partial charge >= 0.3 is 0 Å². The Morgan fingerprint density at radius 3 is 2.38 bits per heavy atom. The van der Waals surface area contributed by atoms with Gasteiger partial charge in [0, 0.05) is 58.0 Å². The molecule has 142 valence electrons. The largest absolute Gasteiger partial charge is 0.356 e. The van der Waals surface area contributed by atoms with Crippen LogP contribution in [0.25, 0.3) is 0 Å². The standard InChI is InChI=1S/C20H31N5O/c1-16-14-17(22-19(21-16)25-10-4-3-5-11-25)24-12-8-20(9-13-24)7-6-18(26)23(2)15-20/h14H,3-13,15H2,1-2H3. The smallest absolute Gasteiger partial charge is 0.227 e. The van der Waals surface area contributed by atoms with Crippen LogP contribution in [0.1, 0.15) is 50.6 Å². The third kappa shape index (κ3) is 3.51. The minimum Gasteiger partial charge on any atom is -0.356 e. The van der Waals surface area contributed by atoms with Gasteiger partial charge in [-0.1, -0.05) is 0 Å². The van der Waals surface area contributed by atoms with E-state index in [1.807, 2.05) is 11.9 Å². The Hall–Kier alpha value is -1.85. The van der Waals surface area contributed by atoms with E-state index >= 15 is 0 Å². The van der Waals surface area contributed by atoms with Gasteiger partial charge in [-0.05, 0) is 50.9 Å². The van der Waals surface area contributed by atoms with Crippen molar-refractivity contribution in [3.63, 3.8) is 0 Å². The molecule has 1 aromatic rings. The zero-order valence-corrected chi connectivity index (χ0v) is 16.2. The lowest BCUT2D eigenvalue weighted by Crippen LogP contribution is -2.50. The lowest BCUT2D eigenvalue weighted by atomic mass is 9.72. The fourth-order valence-electron chi connectivity index (χ4n) is 4.79. The van der Waals surface area contributed by atoms with Gasteiger partial charge in [-0.25, -0.2) is 4.98 Å². The van der Waals surface area contributed by atoms with Crippen molar-refractivity contribution in [3.8, 4) is 0 Å². The van der Waals surface area contributed by atoms with E-state index in [4.69, 9.17) is 9.97 Å². The number of aromatic nitrogens is 2. The molecule has 6 nitrogen and oxygen atoms in total. The number of hydrogen-bond acceptors (Lipinski definition) is 5. The SMILES string of the molecule is Cc1cc(N2CCC3(CCC(=O)N(C)C3)CC2)nc(N2CCCCC2)n1. The van der Waals surface area contributed by atoms with Crippen molar-refractivity contribution in [2.24, 2.45) is 5.41 Å². The summed E-state index contributed by atoms with van der Waals surface area (Å²) in [4.78, 5) is 28.1. The van der Waals surface area contributed by atoms with Crippen molar-refractivity contribution in [2.45, 2.75) is 51.9 Å². The zero-order valence-electron chi connectivity index (χ0n) is 16.2.